The first-order valence-electron chi connectivity index (χ1n) is 14.3. The summed E-state index contributed by atoms with van der Waals surface area (Å²) in [7, 11) is -2.89. The minimum atomic E-state index is -4.14. The number of nitro groups is 1. The van der Waals surface area contributed by atoms with E-state index >= 15 is 0 Å². The Kier molecular flexibility index (Phi) is 11.0. The van der Waals surface area contributed by atoms with Gasteiger partial charge in [-0.15, -0.1) is 0 Å². The highest BCUT2D eigenvalue weighted by Crippen LogP contribution is 2.34. The maximum absolute atomic E-state index is 13.8. The number of carbonyl (C=O) groups is 3. The number of sulfonamides is 1. The van der Waals surface area contributed by atoms with Crippen molar-refractivity contribution in [3.05, 3.63) is 70.4 Å². The maximum atomic E-state index is 13.8. The lowest BCUT2D eigenvalue weighted by Gasteiger charge is -2.29. The summed E-state index contributed by atoms with van der Waals surface area (Å²) in [5.41, 5.74) is -0.722. The molecular weight excluding hydrogens is 590 g/mol. The Labute approximate surface area is 257 Å². The second-order valence-electron chi connectivity index (χ2n) is 11.5. The molecule has 1 heterocycles. The van der Waals surface area contributed by atoms with Gasteiger partial charge < -0.3 is 14.3 Å². The van der Waals surface area contributed by atoms with Gasteiger partial charge in [-0.2, -0.15) is 4.31 Å². The number of carbonyl (C=O) groups excluding carboxylic acids is 3. The number of ether oxygens (including phenoxy) is 2. The van der Waals surface area contributed by atoms with E-state index in [0.29, 0.717) is 23.8 Å². The number of rotatable bonds is 14. The van der Waals surface area contributed by atoms with Gasteiger partial charge in [0.2, 0.25) is 10.0 Å². The summed E-state index contributed by atoms with van der Waals surface area (Å²) in [5.74, 6) is -0.535. The van der Waals surface area contributed by atoms with Crippen molar-refractivity contribution in [2.45, 2.75) is 70.3 Å². The minimum Gasteiger partial charge on any atom is -0.469 e. The zero-order chi connectivity index (χ0) is 32.7. The van der Waals surface area contributed by atoms with Gasteiger partial charge in [-0.1, -0.05) is 25.1 Å². The van der Waals surface area contributed by atoms with E-state index in [1.54, 1.807) is 46.0 Å². The molecule has 0 aliphatic carbocycles. The van der Waals surface area contributed by atoms with Crippen LogP contribution in [0.3, 0.4) is 0 Å². The van der Waals surface area contributed by atoms with E-state index in [2.05, 4.69) is 0 Å². The summed E-state index contributed by atoms with van der Waals surface area (Å²) in [5, 5.41) is 11.9. The minimum absolute atomic E-state index is 0.00162. The first-order chi connectivity index (χ1) is 20.7. The standard InChI is InChI=1S/C31H39N3O9S/c1-6-31(18-21-35,28(36)42-5)17-9-19-32(44(40,41)25-14-12-24(13-15-25)34(38)39)20-16-23-22-33(29(37)43-30(2,3)4)27-11-8-7-10-26(23)27/h7-8,10-15,21-22H,6,9,16-20H2,1-5H3/t31-/m1/s1. The smallest absolute Gasteiger partial charge is 0.419 e. The van der Waals surface area contributed by atoms with Crippen molar-refractivity contribution >= 4 is 45.0 Å². The molecule has 0 amide bonds. The molecular formula is C31H39N3O9S. The number of nitrogens with zero attached hydrogens (tertiary/aromatic N) is 3. The highest BCUT2D eigenvalue weighted by atomic mass is 32.2. The summed E-state index contributed by atoms with van der Waals surface area (Å²) in [6.07, 6.45) is 2.68. The average Bonchev–Trinajstić information content (AvgIpc) is 3.35. The summed E-state index contributed by atoms with van der Waals surface area (Å²) in [6, 6.07) is 11.9. The van der Waals surface area contributed by atoms with Crippen LogP contribution in [0.5, 0.6) is 0 Å². The SMILES string of the molecule is CC[C@](CC=O)(CCCN(CCc1cn(C(=O)OC(C)(C)C)c2ccccc12)S(=O)(=O)c1ccc([N+](=O)[O-])cc1)C(=O)OC. The van der Waals surface area contributed by atoms with E-state index in [1.165, 1.54) is 28.1 Å². The molecule has 0 unspecified atom stereocenters. The zero-order valence-corrected chi connectivity index (χ0v) is 26.5. The molecule has 0 aliphatic heterocycles. The van der Waals surface area contributed by atoms with Crippen LogP contribution in [0, 0.1) is 15.5 Å². The molecule has 0 aliphatic rings. The third-order valence-electron chi connectivity index (χ3n) is 7.53. The molecule has 3 rings (SSSR count). The average molecular weight is 630 g/mol. The van der Waals surface area contributed by atoms with Crippen LogP contribution in [-0.4, -0.2) is 66.4 Å². The summed E-state index contributed by atoms with van der Waals surface area (Å²) in [4.78, 5) is 47.4. The number of methoxy groups -OCH3 is 1. The van der Waals surface area contributed by atoms with Crippen molar-refractivity contribution in [3.8, 4) is 0 Å². The zero-order valence-electron chi connectivity index (χ0n) is 25.6. The number of hydrogen-bond donors (Lipinski definition) is 0. The van der Waals surface area contributed by atoms with Crippen LogP contribution in [0.2, 0.25) is 0 Å². The van der Waals surface area contributed by atoms with Crippen molar-refractivity contribution in [2.75, 3.05) is 20.2 Å². The maximum Gasteiger partial charge on any atom is 0.419 e. The lowest BCUT2D eigenvalue weighted by molar-refractivity contribution is -0.384. The molecule has 0 saturated carbocycles. The molecule has 0 radical (unpaired) electrons. The molecule has 0 spiro atoms. The van der Waals surface area contributed by atoms with Crippen LogP contribution >= 0.6 is 0 Å². The van der Waals surface area contributed by atoms with E-state index in [9.17, 15) is 32.9 Å². The number of hydrogen-bond acceptors (Lipinski definition) is 9. The highest BCUT2D eigenvalue weighted by Gasteiger charge is 2.37. The van der Waals surface area contributed by atoms with Crippen LogP contribution in [0.4, 0.5) is 10.5 Å². The largest absolute Gasteiger partial charge is 0.469 e. The van der Waals surface area contributed by atoms with E-state index in [1.807, 2.05) is 12.1 Å². The van der Waals surface area contributed by atoms with Gasteiger partial charge in [0.1, 0.15) is 11.9 Å². The molecule has 238 valence electrons. The summed E-state index contributed by atoms with van der Waals surface area (Å²) < 4.78 is 40.8. The number of fused-ring (bicyclic) bond motifs is 1. The van der Waals surface area contributed by atoms with Gasteiger partial charge in [0, 0.05) is 43.2 Å². The number of para-hydroxylation sites is 1. The monoisotopic (exact) mass is 629 g/mol. The van der Waals surface area contributed by atoms with Crippen LogP contribution in [0.15, 0.2) is 59.6 Å². The fourth-order valence-corrected chi connectivity index (χ4v) is 6.60. The van der Waals surface area contributed by atoms with Gasteiger partial charge in [-0.25, -0.2) is 13.2 Å². The molecule has 1 atom stereocenters. The van der Waals surface area contributed by atoms with Crippen molar-refractivity contribution in [2.24, 2.45) is 5.41 Å². The van der Waals surface area contributed by atoms with Crippen LogP contribution in [0.1, 0.15) is 58.9 Å². The number of nitro benzene ring substituents is 1. The second kappa shape index (κ2) is 14.1. The van der Waals surface area contributed by atoms with E-state index < -0.39 is 38.0 Å². The molecule has 0 bridgehead atoms. The van der Waals surface area contributed by atoms with E-state index in [4.69, 9.17) is 9.47 Å². The number of benzene rings is 2. The quantitative estimate of drug-likeness (QED) is 0.0972. The third-order valence-corrected chi connectivity index (χ3v) is 9.45. The van der Waals surface area contributed by atoms with Crippen LogP contribution in [0.25, 0.3) is 10.9 Å². The molecule has 2 aromatic carbocycles. The normalized spacial score (nSPS) is 13.4. The second-order valence-corrected chi connectivity index (χ2v) is 13.5. The van der Waals surface area contributed by atoms with Gasteiger partial charge in [0.05, 0.1) is 27.9 Å². The fourth-order valence-electron chi connectivity index (χ4n) is 5.12. The number of aldehydes is 1. The predicted octanol–water partition coefficient (Wildman–Crippen LogP) is 5.50. The Bertz CT molecular complexity index is 1610. The third kappa shape index (κ3) is 7.88. The first-order valence-corrected chi connectivity index (χ1v) is 15.7. The summed E-state index contributed by atoms with van der Waals surface area (Å²) >= 11 is 0. The Morgan fingerprint density at radius 2 is 1.73 bits per heavy atom. The van der Waals surface area contributed by atoms with E-state index in [0.717, 1.165) is 17.5 Å². The van der Waals surface area contributed by atoms with Crippen molar-refractivity contribution in [1.82, 2.24) is 8.87 Å². The van der Waals surface area contributed by atoms with Gasteiger partial charge in [0.15, 0.2) is 0 Å². The van der Waals surface area contributed by atoms with Crippen molar-refractivity contribution < 1.29 is 37.2 Å². The number of aromatic nitrogens is 1. The molecule has 44 heavy (non-hydrogen) atoms. The molecule has 12 nitrogen and oxygen atoms in total. The van der Waals surface area contributed by atoms with Crippen molar-refractivity contribution in [3.63, 3.8) is 0 Å². The van der Waals surface area contributed by atoms with E-state index in [-0.39, 0.29) is 49.4 Å². The number of esters is 1. The Morgan fingerprint density at radius 1 is 1.07 bits per heavy atom. The molecule has 1 aromatic heterocycles. The van der Waals surface area contributed by atoms with Crippen molar-refractivity contribution in [1.29, 1.82) is 0 Å². The highest BCUT2D eigenvalue weighted by molar-refractivity contribution is 7.89. The first kappa shape index (κ1) is 34.4. The number of non-ortho nitro benzene ring substituents is 1. The van der Waals surface area contributed by atoms with Gasteiger partial charge >= 0.3 is 12.1 Å². The van der Waals surface area contributed by atoms with Gasteiger partial charge in [-0.05, 0) is 70.2 Å². The molecule has 13 heteroatoms. The van der Waals surface area contributed by atoms with Crippen LogP contribution < -0.4 is 0 Å². The Morgan fingerprint density at radius 3 is 2.30 bits per heavy atom. The lowest BCUT2D eigenvalue weighted by atomic mass is 9.78. The molecule has 3 aromatic rings. The molecule has 0 saturated heterocycles. The van der Waals surface area contributed by atoms with Gasteiger partial charge in [0.25, 0.3) is 5.69 Å². The molecule has 0 fully saturated rings. The Balaban J connectivity index is 1.95. The Hall–Kier alpha value is -4.10. The predicted molar refractivity (Wildman–Crippen MR) is 164 cm³/mol. The molecule has 0 N–H and O–H groups in total. The summed E-state index contributed by atoms with van der Waals surface area (Å²) in [6.45, 7) is 7.07. The fraction of sp³-hybridized carbons (Fsp3) is 0.452. The van der Waals surface area contributed by atoms with Gasteiger partial charge in [-0.3, -0.25) is 19.5 Å². The van der Waals surface area contributed by atoms with Crippen LogP contribution in [-0.2, 0) is 35.5 Å². The topological polar surface area (TPSA) is 155 Å². The lowest BCUT2D eigenvalue weighted by Crippen LogP contribution is -2.36.